The summed E-state index contributed by atoms with van der Waals surface area (Å²) >= 11 is 7.25. The van der Waals surface area contributed by atoms with Crippen LogP contribution in [0.25, 0.3) is 21.9 Å². The number of hydrogen-bond acceptors (Lipinski definition) is 2. The lowest BCUT2D eigenvalue weighted by Gasteiger charge is -2.34. The summed E-state index contributed by atoms with van der Waals surface area (Å²) in [6, 6.07) is 37.6. The highest BCUT2D eigenvalue weighted by molar-refractivity contribution is 9.10. The molecule has 42 heavy (non-hydrogen) atoms. The van der Waals surface area contributed by atoms with Crippen molar-refractivity contribution < 1.29 is 4.74 Å². The van der Waals surface area contributed by atoms with Gasteiger partial charge in [0.15, 0.2) is 0 Å². The number of ether oxygens (including phenoxy) is 1. The van der Waals surface area contributed by atoms with Gasteiger partial charge in [-0.15, -0.1) is 0 Å². The smallest absolute Gasteiger partial charge is 0.0942 e. The summed E-state index contributed by atoms with van der Waals surface area (Å²) in [4.78, 5) is 2.36. The molecule has 0 saturated carbocycles. The first kappa shape index (κ1) is 29.2. The lowest BCUT2D eigenvalue weighted by atomic mass is 9.81. The van der Waals surface area contributed by atoms with Gasteiger partial charge in [-0.1, -0.05) is 96.0 Å². The molecule has 0 radical (unpaired) electrons. The molecule has 0 bridgehead atoms. The zero-order chi connectivity index (χ0) is 29.5. The number of fused-ring (bicyclic) bond motifs is 2. The monoisotopic (exact) mass is 681 g/mol. The molecule has 0 atom stereocenters. The van der Waals surface area contributed by atoms with Gasteiger partial charge in [0.2, 0.25) is 0 Å². The number of rotatable bonds is 8. The Balaban J connectivity index is 1.59. The van der Waals surface area contributed by atoms with Crippen LogP contribution in [0.4, 0.5) is 17.1 Å². The Morgan fingerprint density at radius 1 is 0.571 bits per heavy atom. The molecule has 1 heterocycles. The van der Waals surface area contributed by atoms with Crippen molar-refractivity contribution in [3.8, 4) is 11.1 Å². The molecule has 5 aromatic carbocycles. The van der Waals surface area contributed by atoms with Crippen LogP contribution in [0.2, 0.25) is 0 Å². The van der Waals surface area contributed by atoms with E-state index in [1.54, 1.807) is 0 Å². The van der Waals surface area contributed by atoms with Gasteiger partial charge in [-0.2, -0.15) is 0 Å². The van der Waals surface area contributed by atoms with Crippen LogP contribution in [-0.2, 0) is 15.9 Å². The van der Waals surface area contributed by atoms with Gasteiger partial charge in [-0.25, -0.2) is 0 Å². The van der Waals surface area contributed by atoms with E-state index in [0.717, 1.165) is 51.7 Å². The van der Waals surface area contributed by atoms with Gasteiger partial charge < -0.3 is 9.64 Å². The molecule has 0 unspecified atom stereocenters. The van der Waals surface area contributed by atoms with Gasteiger partial charge in [-0.05, 0) is 120 Å². The molecular formula is C38H37Br2NO. The van der Waals surface area contributed by atoms with Crippen molar-refractivity contribution >= 4 is 59.7 Å². The van der Waals surface area contributed by atoms with Crippen molar-refractivity contribution in [2.24, 2.45) is 0 Å². The molecule has 1 aliphatic rings. The van der Waals surface area contributed by atoms with Gasteiger partial charge in [-0.3, -0.25) is 0 Å². The quantitative estimate of drug-likeness (QED) is 0.161. The molecule has 2 nitrogen and oxygen atoms in total. The fourth-order valence-electron chi connectivity index (χ4n) is 6.78. The maximum Gasteiger partial charge on any atom is 0.0942 e. The van der Waals surface area contributed by atoms with Crippen LogP contribution < -0.4 is 4.90 Å². The predicted molar refractivity (Wildman–Crippen MR) is 185 cm³/mol. The molecule has 0 spiro atoms. The van der Waals surface area contributed by atoms with Crippen LogP contribution in [-0.4, -0.2) is 0 Å². The summed E-state index contributed by atoms with van der Waals surface area (Å²) in [5.74, 6) is 0. The number of nitrogens with zero attached hydrogens (tertiary/aromatic N) is 1. The summed E-state index contributed by atoms with van der Waals surface area (Å²) in [5.41, 5.74) is 8.06. The van der Waals surface area contributed by atoms with Crippen LogP contribution >= 0.6 is 31.9 Å². The Morgan fingerprint density at radius 3 is 1.69 bits per heavy atom. The van der Waals surface area contributed by atoms with E-state index in [1.807, 2.05) is 0 Å². The van der Waals surface area contributed by atoms with E-state index < -0.39 is 0 Å². The first-order chi connectivity index (χ1) is 20.4. The molecule has 5 aromatic rings. The third-order valence-corrected chi connectivity index (χ3v) is 10.3. The first-order valence-electron chi connectivity index (χ1n) is 15.1. The number of benzene rings is 5. The average molecular weight is 684 g/mol. The van der Waals surface area contributed by atoms with Crippen LogP contribution in [0.1, 0.15) is 64.5 Å². The minimum atomic E-state index is -0.252. The highest BCUT2D eigenvalue weighted by Gasteiger charge is 2.49. The standard InChI is InChI=1S/C38H37Br2NO/c1-5-37(6-2)34-22-13-26(24-35(34)38(7-3,8-4)42-37)28-23-27-11-9-10-12-33(27)36(25-28)41(31-18-14-29(39)15-19-31)32-20-16-30(40)17-21-32/h9-25H,5-8H2,1-4H3. The zero-order valence-corrected chi connectivity index (χ0v) is 27.9. The number of hydrogen-bond donors (Lipinski definition) is 0. The second-order valence-electron chi connectivity index (χ2n) is 11.3. The lowest BCUT2D eigenvalue weighted by molar-refractivity contribution is -0.151. The van der Waals surface area contributed by atoms with E-state index >= 15 is 0 Å². The van der Waals surface area contributed by atoms with Crippen LogP contribution in [0.5, 0.6) is 0 Å². The van der Waals surface area contributed by atoms with Crippen molar-refractivity contribution in [1.29, 1.82) is 0 Å². The Bertz CT molecular complexity index is 1670. The minimum Gasteiger partial charge on any atom is -0.359 e. The number of halogens is 2. The SMILES string of the molecule is CCC1(CC)OC(CC)(CC)c2cc(-c3cc(N(c4ccc(Br)cc4)c4ccc(Br)cc4)c4ccccc4c3)ccc21. The Morgan fingerprint density at radius 2 is 1.12 bits per heavy atom. The van der Waals surface area contributed by atoms with Gasteiger partial charge in [0.1, 0.15) is 0 Å². The summed E-state index contributed by atoms with van der Waals surface area (Å²) in [6.07, 6.45) is 3.89. The van der Waals surface area contributed by atoms with E-state index in [1.165, 1.54) is 33.0 Å². The molecule has 1 aliphatic heterocycles. The zero-order valence-electron chi connectivity index (χ0n) is 24.8. The van der Waals surface area contributed by atoms with E-state index in [9.17, 15) is 0 Å². The van der Waals surface area contributed by atoms with Crippen molar-refractivity contribution in [2.45, 2.75) is 64.6 Å². The third kappa shape index (κ3) is 4.92. The topological polar surface area (TPSA) is 12.5 Å². The van der Waals surface area contributed by atoms with Crippen molar-refractivity contribution in [3.63, 3.8) is 0 Å². The Kier molecular flexibility index (Phi) is 8.08. The van der Waals surface area contributed by atoms with Gasteiger partial charge in [0.25, 0.3) is 0 Å². The van der Waals surface area contributed by atoms with Crippen LogP contribution in [0.15, 0.2) is 112 Å². The minimum absolute atomic E-state index is 0.214. The second kappa shape index (κ2) is 11.6. The summed E-state index contributed by atoms with van der Waals surface area (Å²) in [7, 11) is 0. The molecule has 6 rings (SSSR count). The average Bonchev–Trinajstić information content (AvgIpc) is 3.33. The predicted octanol–water partition coefficient (Wildman–Crippen LogP) is 12.6. The van der Waals surface area contributed by atoms with E-state index in [4.69, 9.17) is 4.74 Å². The second-order valence-corrected chi connectivity index (χ2v) is 13.1. The summed E-state index contributed by atoms with van der Waals surface area (Å²) in [6.45, 7) is 9.06. The highest BCUT2D eigenvalue weighted by atomic mass is 79.9. The molecule has 0 aromatic heterocycles. The molecular weight excluding hydrogens is 646 g/mol. The maximum atomic E-state index is 7.05. The fourth-order valence-corrected chi connectivity index (χ4v) is 7.31. The van der Waals surface area contributed by atoms with Crippen molar-refractivity contribution in [1.82, 2.24) is 0 Å². The molecule has 0 fully saturated rings. The van der Waals surface area contributed by atoms with Crippen LogP contribution in [0, 0.1) is 0 Å². The third-order valence-electron chi connectivity index (χ3n) is 9.26. The summed E-state index contributed by atoms with van der Waals surface area (Å²) < 4.78 is 9.17. The van der Waals surface area contributed by atoms with E-state index in [2.05, 4.69) is 168 Å². The molecule has 0 saturated heterocycles. The van der Waals surface area contributed by atoms with E-state index in [0.29, 0.717) is 0 Å². The van der Waals surface area contributed by atoms with Crippen LogP contribution in [0.3, 0.4) is 0 Å². The fraction of sp³-hybridized carbons (Fsp3) is 0.263. The Hall–Kier alpha value is -2.92. The molecule has 214 valence electrons. The van der Waals surface area contributed by atoms with Crippen molar-refractivity contribution in [3.05, 3.63) is 123 Å². The van der Waals surface area contributed by atoms with Crippen molar-refractivity contribution in [2.75, 3.05) is 4.90 Å². The van der Waals surface area contributed by atoms with Gasteiger partial charge >= 0.3 is 0 Å². The lowest BCUT2D eigenvalue weighted by Crippen LogP contribution is -2.31. The molecule has 0 aliphatic carbocycles. The first-order valence-corrected chi connectivity index (χ1v) is 16.6. The normalized spacial score (nSPS) is 15.1. The molecule has 0 amide bonds. The van der Waals surface area contributed by atoms with E-state index in [-0.39, 0.29) is 11.2 Å². The largest absolute Gasteiger partial charge is 0.359 e. The molecule has 4 heteroatoms. The molecule has 0 N–H and O–H groups in total. The summed E-state index contributed by atoms with van der Waals surface area (Å²) in [5, 5.41) is 2.43. The van der Waals surface area contributed by atoms with Gasteiger partial charge in [0.05, 0.1) is 16.9 Å². The number of anilines is 3. The highest BCUT2D eigenvalue weighted by Crippen LogP contribution is 2.54. The maximum absolute atomic E-state index is 7.05. The Labute approximate surface area is 267 Å². The van der Waals surface area contributed by atoms with Gasteiger partial charge in [0, 0.05) is 25.7 Å².